The smallest absolute Gasteiger partial charge is 0.487 e. The van der Waals surface area contributed by atoms with Crippen molar-refractivity contribution in [1.29, 1.82) is 5.26 Å². The molecule has 338 valence electrons. The van der Waals surface area contributed by atoms with Gasteiger partial charge in [-0.2, -0.15) is 18.4 Å². The summed E-state index contributed by atoms with van der Waals surface area (Å²) >= 11 is 6.30. The van der Waals surface area contributed by atoms with E-state index in [1.165, 1.54) is 0 Å². The highest BCUT2D eigenvalue weighted by Gasteiger charge is 2.46. The van der Waals surface area contributed by atoms with Crippen molar-refractivity contribution in [3.8, 4) is 11.8 Å². The molecule has 3 atom stereocenters. The number of carbonyl (C=O) groups excluding carboxylic acids is 4. The molecule has 3 unspecified atom stereocenters. The first-order chi connectivity index (χ1) is 30.9. The van der Waals surface area contributed by atoms with Crippen LogP contribution in [0.3, 0.4) is 0 Å². The molecule has 1 aromatic heterocycles. The Morgan fingerprint density at radius 3 is 2.22 bits per heavy atom. The summed E-state index contributed by atoms with van der Waals surface area (Å²) in [5.74, 6) is -1.63. The van der Waals surface area contributed by atoms with Gasteiger partial charge in [0.1, 0.15) is 18.4 Å². The van der Waals surface area contributed by atoms with Crippen LogP contribution in [0, 0.1) is 29.1 Å². The average Bonchev–Trinajstić information content (AvgIpc) is 3.91. The Bertz CT molecular complexity index is 2580. The number of rotatable bonds is 10. The number of carbonyl (C=O) groups is 5. The maximum Gasteiger partial charge on any atom is 0.490 e. The first-order valence-electron chi connectivity index (χ1n) is 21.0. The maximum atomic E-state index is 13.3. The van der Waals surface area contributed by atoms with Gasteiger partial charge in [-0.15, -0.1) is 0 Å². The van der Waals surface area contributed by atoms with Gasteiger partial charge in [-0.05, 0) is 84.0 Å². The summed E-state index contributed by atoms with van der Waals surface area (Å²) in [4.78, 5) is 76.9. The van der Waals surface area contributed by atoms with Gasteiger partial charge in [0, 0.05) is 80.5 Å². The van der Waals surface area contributed by atoms with Gasteiger partial charge >= 0.3 is 12.1 Å². The predicted octanol–water partition coefficient (Wildman–Crippen LogP) is 5.45. The number of carboxylic acids is 1. The molecule has 4 saturated heterocycles. The third kappa shape index (κ3) is 9.48. The number of likely N-dealkylation sites (tertiary alicyclic amines) is 1. The number of ether oxygens (including phenoxy) is 1. The van der Waals surface area contributed by atoms with Gasteiger partial charge < -0.3 is 24.5 Å². The lowest BCUT2D eigenvalue weighted by molar-refractivity contribution is -0.192. The highest BCUT2D eigenvalue weighted by Crippen LogP contribution is 2.37. The van der Waals surface area contributed by atoms with Crippen LogP contribution in [0.4, 0.5) is 24.8 Å². The number of hydrogen-bond donors (Lipinski definition) is 2. The number of hydrogen-bond acceptors (Lipinski definition) is 12. The van der Waals surface area contributed by atoms with Gasteiger partial charge in [-0.1, -0.05) is 37.6 Å². The second-order valence-corrected chi connectivity index (χ2v) is 18.0. The molecule has 9 rings (SSSR count). The van der Waals surface area contributed by atoms with Crippen molar-refractivity contribution in [3.63, 3.8) is 0 Å². The second-order valence-electron chi connectivity index (χ2n) is 17.5. The summed E-state index contributed by atoms with van der Waals surface area (Å²) in [7, 11) is 0. The largest absolute Gasteiger partial charge is 0.490 e. The minimum atomic E-state index is -5.08. The molecule has 0 radical (unpaired) electrons. The van der Waals surface area contributed by atoms with Crippen LogP contribution in [0.15, 0.2) is 72.9 Å². The second kappa shape index (κ2) is 17.8. The number of piperidine rings is 1. The molecule has 3 aromatic carbocycles. The van der Waals surface area contributed by atoms with Gasteiger partial charge in [-0.3, -0.25) is 29.4 Å². The summed E-state index contributed by atoms with van der Waals surface area (Å²) < 4.78 is 37.9. The number of alkyl halides is 3. The third-order valence-corrected chi connectivity index (χ3v) is 13.0. The van der Waals surface area contributed by atoms with E-state index >= 15 is 0 Å². The first-order valence-corrected chi connectivity index (χ1v) is 21.4. The van der Waals surface area contributed by atoms with Gasteiger partial charge in [0.05, 0.1) is 28.5 Å². The highest BCUT2D eigenvalue weighted by atomic mass is 35.5. The van der Waals surface area contributed by atoms with E-state index in [4.69, 9.17) is 31.2 Å². The summed E-state index contributed by atoms with van der Waals surface area (Å²) in [6.07, 6.45) is -3.04. The van der Waals surface area contributed by atoms with Crippen LogP contribution in [0.2, 0.25) is 5.02 Å². The van der Waals surface area contributed by atoms with Crippen molar-refractivity contribution >= 4 is 52.8 Å². The Hall–Kier alpha value is -6.58. The van der Waals surface area contributed by atoms with E-state index in [9.17, 15) is 37.6 Å². The van der Waals surface area contributed by atoms with Gasteiger partial charge in [0.25, 0.3) is 11.8 Å². The van der Waals surface area contributed by atoms with E-state index in [0.29, 0.717) is 46.1 Å². The molecule has 6 heterocycles. The highest BCUT2D eigenvalue weighted by molar-refractivity contribution is 6.30. The fourth-order valence-corrected chi connectivity index (χ4v) is 9.48. The van der Waals surface area contributed by atoms with Crippen LogP contribution < -0.4 is 19.9 Å². The number of imide groups is 2. The van der Waals surface area contributed by atoms with E-state index in [1.807, 2.05) is 48.5 Å². The summed E-state index contributed by atoms with van der Waals surface area (Å²) in [6, 6.07) is 21.9. The normalized spacial score (nSPS) is 21.0. The lowest BCUT2D eigenvalue weighted by atomic mass is 9.78. The number of aliphatic carboxylic acids is 1. The molecule has 15 nitrogen and oxygen atoms in total. The number of nitrogens with one attached hydrogen (secondary N) is 1. The Balaban J connectivity index is 0.000000763. The van der Waals surface area contributed by atoms with Crippen molar-refractivity contribution in [2.24, 2.45) is 17.8 Å². The topological polar surface area (TPSA) is 189 Å². The molecule has 5 aliphatic heterocycles. The fraction of sp³-hybridized carbons (Fsp3) is 0.391. The fourth-order valence-electron chi connectivity index (χ4n) is 9.24. The van der Waals surface area contributed by atoms with E-state index in [0.717, 1.165) is 84.9 Å². The molecule has 5 aliphatic rings. The Kier molecular flexibility index (Phi) is 12.3. The van der Waals surface area contributed by atoms with Crippen molar-refractivity contribution in [2.75, 3.05) is 55.6 Å². The van der Waals surface area contributed by atoms with Gasteiger partial charge in [-0.25, -0.2) is 14.8 Å². The Labute approximate surface area is 376 Å². The van der Waals surface area contributed by atoms with Crippen LogP contribution in [-0.2, 0) is 26.4 Å². The number of nitriles is 1. The maximum absolute atomic E-state index is 13.3. The minimum Gasteiger partial charge on any atom is -0.487 e. The monoisotopic (exact) mass is 912 g/mol. The number of amides is 4. The molecular weight excluding hydrogens is 869 g/mol. The number of benzene rings is 3. The standard InChI is InChI=1S/C44H43ClN8O5.C2HF3O2/c1-44(2,31-13-26(17-46)14-32(45)15-31)30-3-6-35(7-4-30)58-25-33-11-12-47-43(48-33)52-23-28-21-50(22-29(28)24-52)18-27-19-51(20-27)34-5-8-36-37(16-34)42(57)53(41(36)56)38-9-10-39(54)49-40(38)55;3-2(4,5)1(6)7/h3-8,11-16,27-29,38H,9-10,18-25H2,1-2H3,(H,49,54,55);(H,6,7). The third-order valence-electron chi connectivity index (χ3n) is 12.8. The molecule has 0 aliphatic carbocycles. The number of anilines is 2. The zero-order chi connectivity index (χ0) is 46.4. The van der Waals surface area contributed by atoms with E-state index in [-0.39, 0.29) is 24.2 Å². The molecule has 19 heteroatoms. The zero-order valence-corrected chi connectivity index (χ0v) is 36.1. The van der Waals surface area contributed by atoms with E-state index in [2.05, 4.69) is 44.9 Å². The van der Waals surface area contributed by atoms with Gasteiger partial charge in [0.15, 0.2) is 0 Å². The Morgan fingerprint density at radius 2 is 1.57 bits per heavy atom. The van der Waals surface area contributed by atoms with E-state index in [1.54, 1.807) is 24.4 Å². The van der Waals surface area contributed by atoms with Crippen LogP contribution >= 0.6 is 11.6 Å². The van der Waals surface area contributed by atoms with Crippen LogP contribution in [0.1, 0.15) is 69.8 Å². The van der Waals surface area contributed by atoms with Crippen molar-refractivity contribution in [1.82, 2.24) is 25.1 Å². The first kappa shape index (κ1) is 45.0. The van der Waals surface area contributed by atoms with Crippen LogP contribution in [-0.4, -0.2) is 113 Å². The molecule has 65 heavy (non-hydrogen) atoms. The van der Waals surface area contributed by atoms with Crippen LogP contribution in [0.25, 0.3) is 0 Å². The summed E-state index contributed by atoms with van der Waals surface area (Å²) in [5.41, 5.74) is 4.56. The number of aromatic nitrogens is 2. The molecule has 2 N–H and O–H groups in total. The van der Waals surface area contributed by atoms with Crippen LogP contribution in [0.5, 0.6) is 5.75 Å². The number of carboxylic acid groups (broad SMARTS) is 1. The Morgan fingerprint density at radius 1 is 0.892 bits per heavy atom. The van der Waals surface area contributed by atoms with E-state index < -0.39 is 35.9 Å². The number of nitrogens with zero attached hydrogens (tertiary/aromatic N) is 7. The van der Waals surface area contributed by atoms with Crippen molar-refractivity contribution < 1.29 is 47.0 Å². The molecule has 4 aromatic rings. The average molecular weight is 913 g/mol. The quantitative estimate of drug-likeness (QED) is 0.192. The lowest BCUT2D eigenvalue weighted by Gasteiger charge is -2.43. The van der Waals surface area contributed by atoms with Gasteiger partial charge in [0.2, 0.25) is 17.8 Å². The zero-order valence-electron chi connectivity index (χ0n) is 35.3. The summed E-state index contributed by atoms with van der Waals surface area (Å²) in [5, 5.41) is 19.3. The minimum absolute atomic E-state index is 0.0950. The summed E-state index contributed by atoms with van der Waals surface area (Å²) in [6.45, 7) is 11.2. The number of fused-ring (bicyclic) bond motifs is 2. The lowest BCUT2D eigenvalue weighted by Crippen LogP contribution is -2.54. The molecule has 4 fully saturated rings. The van der Waals surface area contributed by atoms with Crippen molar-refractivity contribution in [3.05, 3.63) is 111 Å². The molecule has 4 amide bonds. The number of halogens is 4. The SMILES string of the molecule is CC(C)(c1ccc(OCc2ccnc(N3CC4CN(CC5CN(c6ccc7c(c6)C(=O)N(C6CCC(=O)NC6=O)C7=O)C5)CC4C3)n2)cc1)c1cc(Cl)cc(C#N)c1.O=C(O)C(F)(F)F. The molecule has 0 bridgehead atoms. The van der Waals surface area contributed by atoms with Crippen molar-refractivity contribution in [2.45, 2.75) is 50.9 Å². The molecule has 0 saturated carbocycles. The molecular formula is C46H44ClF3N8O7. The molecule has 0 spiro atoms. The predicted molar refractivity (Wildman–Crippen MR) is 229 cm³/mol.